The highest BCUT2D eigenvalue weighted by molar-refractivity contribution is 6.01. The SMILES string of the molecule is CCN(CC)C(=O)c1c(C)nc(N)nc1-c1ccccc1OC(C)C. The minimum Gasteiger partial charge on any atom is -0.490 e. The van der Waals surface area contributed by atoms with Crippen LogP contribution >= 0.6 is 0 Å². The summed E-state index contributed by atoms with van der Waals surface area (Å²) < 4.78 is 5.90. The van der Waals surface area contributed by atoms with Gasteiger partial charge in [-0.1, -0.05) is 12.1 Å². The first kappa shape index (κ1) is 18.7. The van der Waals surface area contributed by atoms with Crippen LogP contribution in [-0.2, 0) is 0 Å². The lowest BCUT2D eigenvalue weighted by Crippen LogP contribution is -2.32. The average Bonchev–Trinajstić information content (AvgIpc) is 2.55. The topological polar surface area (TPSA) is 81.3 Å². The van der Waals surface area contributed by atoms with Crippen molar-refractivity contribution in [2.45, 2.75) is 40.7 Å². The number of nitrogens with zero attached hydrogens (tertiary/aromatic N) is 3. The summed E-state index contributed by atoms with van der Waals surface area (Å²) in [5, 5.41) is 0. The molecule has 1 amide bonds. The van der Waals surface area contributed by atoms with E-state index < -0.39 is 0 Å². The van der Waals surface area contributed by atoms with Crippen LogP contribution in [0.4, 0.5) is 5.95 Å². The summed E-state index contributed by atoms with van der Waals surface area (Å²) in [5.41, 5.74) is 8.16. The van der Waals surface area contributed by atoms with Gasteiger partial charge in [0.25, 0.3) is 5.91 Å². The molecule has 1 aromatic carbocycles. The van der Waals surface area contributed by atoms with Crippen LogP contribution in [0, 0.1) is 6.92 Å². The molecule has 0 aliphatic rings. The quantitative estimate of drug-likeness (QED) is 0.871. The molecule has 6 heteroatoms. The second kappa shape index (κ2) is 7.96. The summed E-state index contributed by atoms with van der Waals surface area (Å²) in [5.74, 6) is 0.711. The number of rotatable bonds is 6. The Labute approximate surface area is 149 Å². The van der Waals surface area contributed by atoms with Gasteiger partial charge in [-0.15, -0.1) is 0 Å². The Balaban J connectivity index is 2.68. The highest BCUT2D eigenvalue weighted by Gasteiger charge is 2.24. The summed E-state index contributed by atoms with van der Waals surface area (Å²) in [6, 6.07) is 7.54. The van der Waals surface area contributed by atoms with E-state index in [1.165, 1.54) is 0 Å². The summed E-state index contributed by atoms with van der Waals surface area (Å²) in [6.07, 6.45) is 0.00312. The number of para-hydroxylation sites is 1. The molecule has 0 fully saturated rings. The van der Waals surface area contributed by atoms with Crippen molar-refractivity contribution in [2.75, 3.05) is 18.8 Å². The number of benzene rings is 1. The molecule has 0 bridgehead atoms. The number of hydrogen-bond acceptors (Lipinski definition) is 5. The molecule has 1 heterocycles. The van der Waals surface area contributed by atoms with E-state index in [2.05, 4.69) is 9.97 Å². The fourth-order valence-corrected chi connectivity index (χ4v) is 2.73. The largest absolute Gasteiger partial charge is 0.490 e. The molecule has 0 saturated carbocycles. The van der Waals surface area contributed by atoms with Crippen LogP contribution in [-0.4, -0.2) is 40.0 Å². The molecule has 0 saturated heterocycles. The number of nitrogen functional groups attached to an aromatic ring is 1. The third kappa shape index (κ3) is 4.07. The minimum atomic E-state index is -0.100. The Hall–Kier alpha value is -2.63. The smallest absolute Gasteiger partial charge is 0.257 e. The molecule has 0 unspecified atom stereocenters. The van der Waals surface area contributed by atoms with Gasteiger partial charge < -0.3 is 15.4 Å². The number of amides is 1. The maximum absolute atomic E-state index is 13.0. The number of aryl methyl sites for hydroxylation is 1. The Bertz CT molecular complexity index is 755. The monoisotopic (exact) mass is 342 g/mol. The summed E-state index contributed by atoms with van der Waals surface area (Å²) in [7, 11) is 0. The fraction of sp³-hybridized carbons (Fsp3) is 0.421. The molecule has 0 spiro atoms. The molecule has 1 aromatic heterocycles. The molecule has 0 aliphatic heterocycles. The van der Waals surface area contributed by atoms with Crippen molar-refractivity contribution in [1.82, 2.24) is 14.9 Å². The lowest BCUT2D eigenvalue weighted by molar-refractivity contribution is 0.0772. The number of ether oxygens (including phenoxy) is 1. The van der Waals surface area contributed by atoms with Crippen LogP contribution < -0.4 is 10.5 Å². The summed E-state index contributed by atoms with van der Waals surface area (Å²) in [4.78, 5) is 23.4. The van der Waals surface area contributed by atoms with Crippen molar-refractivity contribution in [3.05, 3.63) is 35.5 Å². The standard InChI is InChI=1S/C19H26N4O2/c1-6-23(7-2)18(24)16-13(5)21-19(20)22-17(16)14-10-8-9-11-15(14)25-12(3)4/h8-12H,6-7H2,1-5H3,(H2,20,21,22). The van der Waals surface area contributed by atoms with Crippen LogP contribution in [0.2, 0.25) is 0 Å². The van der Waals surface area contributed by atoms with Gasteiger partial charge in [0.15, 0.2) is 0 Å². The van der Waals surface area contributed by atoms with Gasteiger partial charge in [0, 0.05) is 18.7 Å². The second-order valence-electron chi connectivity index (χ2n) is 6.03. The van der Waals surface area contributed by atoms with Crippen molar-refractivity contribution >= 4 is 11.9 Å². The third-order valence-corrected chi connectivity index (χ3v) is 3.88. The predicted octanol–water partition coefficient (Wildman–Crippen LogP) is 3.30. The highest BCUT2D eigenvalue weighted by atomic mass is 16.5. The Morgan fingerprint density at radius 1 is 1.20 bits per heavy atom. The van der Waals surface area contributed by atoms with E-state index in [-0.39, 0.29) is 18.0 Å². The molecule has 0 atom stereocenters. The number of carbonyl (C=O) groups excluding carboxylic acids is 1. The first-order valence-corrected chi connectivity index (χ1v) is 8.58. The van der Waals surface area contributed by atoms with Crippen LogP contribution in [0.1, 0.15) is 43.7 Å². The molecule has 2 aromatic rings. The summed E-state index contributed by atoms with van der Waals surface area (Å²) in [6.45, 7) is 10.8. The molecule has 2 N–H and O–H groups in total. The number of aromatic nitrogens is 2. The Kier molecular flexibility index (Phi) is 5.96. The number of nitrogens with two attached hydrogens (primary N) is 1. The van der Waals surface area contributed by atoms with Gasteiger partial charge in [-0.3, -0.25) is 4.79 Å². The lowest BCUT2D eigenvalue weighted by Gasteiger charge is -2.22. The van der Waals surface area contributed by atoms with E-state index in [1.807, 2.05) is 52.0 Å². The van der Waals surface area contributed by atoms with E-state index in [9.17, 15) is 4.79 Å². The zero-order chi connectivity index (χ0) is 18.6. The molecular weight excluding hydrogens is 316 g/mol. The average molecular weight is 342 g/mol. The number of hydrogen-bond donors (Lipinski definition) is 1. The van der Waals surface area contributed by atoms with Gasteiger partial charge in [-0.25, -0.2) is 9.97 Å². The molecule has 6 nitrogen and oxygen atoms in total. The molecule has 0 aliphatic carbocycles. The van der Waals surface area contributed by atoms with Crippen LogP contribution in [0.25, 0.3) is 11.3 Å². The normalized spacial score (nSPS) is 10.8. The van der Waals surface area contributed by atoms with Crippen LogP contribution in [0.5, 0.6) is 5.75 Å². The van der Waals surface area contributed by atoms with Gasteiger partial charge in [0.2, 0.25) is 5.95 Å². The Morgan fingerprint density at radius 3 is 2.44 bits per heavy atom. The molecule has 0 radical (unpaired) electrons. The zero-order valence-corrected chi connectivity index (χ0v) is 15.5. The van der Waals surface area contributed by atoms with Crippen LogP contribution in [0.3, 0.4) is 0 Å². The lowest BCUT2D eigenvalue weighted by atomic mass is 10.0. The van der Waals surface area contributed by atoms with Gasteiger partial charge in [0.05, 0.1) is 23.1 Å². The zero-order valence-electron chi connectivity index (χ0n) is 15.5. The second-order valence-corrected chi connectivity index (χ2v) is 6.03. The molecule has 134 valence electrons. The van der Waals surface area contributed by atoms with E-state index >= 15 is 0 Å². The van der Waals surface area contributed by atoms with Gasteiger partial charge in [0.1, 0.15) is 5.75 Å². The van der Waals surface area contributed by atoms with E-state index in [1.54, 1.807) is 11.8 Å². The van der Waals surface area contributed by atoms with Crippen molar-refractivity contribution in [1.29, 1.82) is 0 Å². The van der Waals surface area contributed by atoms with Crippen molar-refractivity contribution in [2.24, 2.45) is 0 Å². The predicted molar refractivity (Wildman–Crippen MR) is 99.6 cm³/mol. The molecule has 2 rings (SSSR count). The number of carbonyl (C=O) groups is 1. The highest BCUT2D eigenvalue weighted by Crippen LogP contribution is 2.33. The Morgan fingerprint density at radius 2 is 1.84 bits per heavy atom. The van der Waals surface area contributed by atoms with E-state index in [0.717, 1.165) is 5.56 Å². The van der Waals surface area contributed by atoms with E-state index in [4.69, 9.17) is 10.5 Å². The molecule has 25 heavy (non-hydrogen) atoms. The van der Waals surface area contributed by atoms with Gasteiger partial charge in [-0.2, -0.15) is 0 Å². The first-order chi connectivity index (χ1) is 11.9. The fourth-order valence-electron chi connectivity index (χ4n) is 2.73. The first-order valence-electron chi connectivity index (χ1n) is 8.58. The minimum absolute atomic E-state index is 0.00312. The van der Waals surface area contributed by atoms with Crippen molar-refractivity contribution < 1.29 is 9.53 Å². The maximum atomic E-state index is 13.0. The summed E-state index contributed by atoms with van der Waals surface area (Å²) >= 11 is 0. The van der Waals surface area contributed by atoms with E-state index in [0.29, 0.717) is 35.8 Å². The molecular formula is C19H26N4O2. The number of anilines is 1. The van der Waals surface area contributed by atoms with Gasteiger partial charge >= 0.3 is 0 Å². The third-order valence-electron chi connectivity index (χ3n) is 3.88. The van der Waals surface area contributed by atoms with Crippen molar-refractivity contribution in [3.8, 4) is 17.0 Å². The van der Waals surface area contributed by atoms with Crippen molar-refractivity contribution in [3.63, 3.8) is 0 Å². The van der Waals surface area contributed by atoms with Gasteiger partial charge in [-0.05, 0) is 46.8 Å². The van der Waals surface area contributed by atoms with Crippen LogP contribution in [0.15, 0.2) is 24.3 Å². The maximum Gasteiger partial charge on any atom is 0.257 e.